The Hall–Kier alpha value is -1.95. The maximum atomic E-state index is 13.1. The zero-order chi connectivity index (χ0) is 15.9. The third kappa shape index (κ3) is 5.11. The van der Waals surface area contributed by atoms with Crippen LogP contribution < -0.4 is 5.32 Å². The molecule has 0 radical (unpaired) electrons. The molecule has 0 unspecified atom stereocenters. The number of ether oxygens (including phenoxy) is 1. The van der Waals surface area contributed by atoms with Gasteiger partial charge in [0.25, 0.3) is 5.91 Å². The smallest absolute Gasteiger partial charge is 0.264 e. The van der Waals surface area contributed by atoms with Gasteiger partial charge in [-0.15, -0.1) is 0 Å². The lowest BCUT2D eigenvalue weighted by atomic mass is 10.0. The summed E-state index contributed by atoms with van der Waals surface area (Å²) in [5, 5.41) is 6.67. The average Bonchev–Trinajstić information content (AvgIpc) is 2.92. The maximum absolute atomic E-state index is 13.1. The van der Waals surface area contributed by atoms with E-state index >= 15 is 0 Å². The van der Waals surface area contributed by atoms with Crippen LogP contribution in [0.4, 0.5) is 4.39 Å². The molecular weight excluding hydrogens is 287 g/mol. The second-order valence-electron chi connectivity index (χ2n) is 5.47. The number of halogens is 1. The highest BCUT2D eigenvalue weighted by Crippen LogP contribution is 2.15. The molecule has 0 bridgehead atoms. The first-order valence-electron chi connectivity index (χ1n) is 7.40. The molecule has 5 nitrogen and oxygen atoms in total. The summed E-state index contributed by atoms with van der Waals surface area (Å²) in [6, 6.07) is 6.33. The highest BCUT2D eigenvalue weighted by Gasteiger charge is 2.27. The van der Waals surface area contributed by atoms with Crippen LogP contribution in [-0.2, 0) is 20.8 Å². The molecule has 0 saturated carbocycles. The van der Waals surface area contributed by atoms with Crippen LogP contribution in [0.15, 0.2) is 29.4 Å². The maximum Gasteiger partial charge on any atom is 0.264 e. The predicted molar refractivity (Wildman–Crippen MR) is 81.1 cm³/mol. The van der Waals surface area contributed by atoms with Crippen molar-refractivity contribution in [2.45, 2.75) is 38.9 Å². The van der Waals surface area contributed by atoms with Crippen LogP contribution in [0, 0.1) is 5.82 Å². The monoisotopic (exact) mass is 308 g/mol. The molecule has 0 fully saturated rings. The number of carbonyl (C=O) groups excluding carboxylic acids is 1. The molecule has 120 valence electrons. The topological polar surface area (TPSA) is 59.9 Å². The summed E-state index contributed by atoms with van der Waals surface area (Å²) in [6.45, 7) is 4.78. The molecule has 1 heterocycles. The van der Waals surface area contributed by atoms with Gasteiger partial charge in [0.15, 0.2) is 0 Å². The largest absolute Gasteiger partial charge is 0.382 e. The molecule has 0 spiro atoms. The van der Waals surface area contributed by atoms with Gasteiger partial charge in [-0.1, -0.05) is 17.3 Å². The first kappa shape index (κ1) is 16.4. The number of oxime groups is 1. The summed E-state index contributed by atoms with van der Waals surface area (Å²) in [5.74, 6) is -0.484. The van der Waals surface area contributed by atoms with Crippen LogP contribution >= 0.6 is 0 Å². The number of benzene rings is 1. The van der Waals surface area contributed by atoms with Crippen LogP contribution in [0.5, 0.6) is 0 Å². The number of hydrogen-bond acceptors (Lipinski definition) is 4. The lowest BCUT2D eigenvalue weighted by Crippen LogP contribution is -2.37. The summed E-state index contributed by atoms with van der Waals surface area (Å²) >= 11 is 0. The molecule has 6 heteroatoms. The molecule has 2 rings (SSSR count). The molecule has 1 amide bonds. The molecule has 1 aromatic carbocycles. The molecule has 0 aromatic heterocycles. The van der Waals surface area contributed by atoms with Crippen LogP contribution in [0.3, 0.4) is 0 Å². The van der Waals surface area contributed by atoms with Crippen molar-refractivity contribution in [2.75, 3.05) is 13.2 Å². The molecule has 1 atom stereocenters. The molecule has 1 N–H and O–H groups in total. The molecule has 1 aromatic rings. The van der Waals surface area contributed by atoms with Gasteiger partial charge in [-0.25, -0.2) is 4.39 Å². The fraction of sp³-hybridized carbons (Fsp3) is 0.500. The van der Waals surface area contributed by atoms with E-state index in [2.05, 4.69) is 10.5 Å². The number of nitrogens with zero attached hydrogens (tertiary/aromatic N) is 1. The molecule has 1 aliphatic rings. The predicted octanol–water partition coefficient (Wildman–Crippen LogP) is 2.05. The first-order chi connectivity index (χ1) is 10.5. The number of nitrogens with one attached hydrogen (secondary N) is 1. The molecule has 22 heavy (non-hydrogen) atoms. The fourth-order valence-electron chi connectivity index (χ4n) is 2.14. The van der Waals surface area contributed by atoms with Gasteiger partial charge in [0.1, 0.15) is 5.82 Å². The SMILES string of the molecule is CC(C)OCCNC(=O)[C@@H]1CC(Cc2cccc(F)c2)=NO1. The van der Waals surface area contributed by atoms with Crippen molar-refractivity contribution in [1.82, 2.24) is 5.32 Å². The summed E-state index contributed by atoms with van der Waals surface area (Å²) in [7, 11) is 0. The van der Waals surface area contributed by atoms with E-state index in [9.17, 15) is 9.18 Å². The lowest BCUT2D eigenvalue weighted by Gasteiger charge is -2.11. The normalized spacial score (nSPS) is 17.3. The number of amides is 1. The number of rotatable bonds is 7. The van der Waals surface area contributed by atoms with Gasteiger partial charge in [0, 0.05) is 19.4 Å². The standard InChI is InChI=1S/C16H21FN2O3/c1-11(2)21-7-6-18-16(20)15-10-14(19-22-15)9-12-4-3-5-13(17)8-12/h3-5,8,11,15H,6-7,9-10H2,1-2H3,(H,18,20)/t15-/m0/s1. The Kier molecular flexibility index (Phi) is 5.89. The van der Waals surface area contributed by atoms with Gasteiger partial charge in [-0.05, 0) is 31.5 Å². The minimum Gasteiger partial charge on any atom is -0.382 e. The van der Waals surface area contributed by atoms with E-state index in [1.54, 1.807) is 6.07 Å². The highest BCUT2D eigenvalue weighted by atomic mass is 19.1. The van der Waals surface area contributed by atoms with Crippen molar-refractivity contribution in [3.63, 3.8) is 0 Å². The summed E-state index contributed by atoms with van der Waals surface area (Å²) < 4.78 is 18.5. The van der Waals surface area contributed by atoms with E-state index in [4.69, 9.17) is 9.57 Å². The van der Waals surface area contributed by atoms with E-state index in [0.29, 0.717) is 26.0 Å². The van der Waals surface area contributed by atoms with Crippen molar-refractivity contribution in [3.05, 3.63) is 35.6 Å². The van der Waals surface area contributed by atoms with Gasteiger partial charge < -0.3 is 14.9 Å². The minimum absolute atomic E-state index is 0.140. The van der Waals surface area contributed by atoms with E-state index in [1.807, 2.05) is 19.9 Å². The van der Waals surface area contributed by atoms with Gasteiger partial charge in [-0.2, -0.15) is 0 Å². The van der Waals surface area contributed by atoms with Crippen molar-refractivity contribution in [2.24, 2.45) is 5.16 Å². The van der Waals surface area contributed by atoms with Gasteiger partial charge in [0.2, 0.25) is 6.10 Å². The first-order valence-corrected chi connectivity index (χ1v) is 7.40. The second kappa shape index (κ2) is 7.89. The van der Waals surface area contributed by atoms with Crippen molar-refractivity contribution in [1.29, 1.82) is 0 Å². The minimum atomic E-state index is -0.609. The summed E-state index contributed by atoms with van der Waals surface area (Å²) in [6.07, 6.45) is 0.439. The molecule has 1 aliphatic heterocycles. The van der Waals surface area contributed by atoms with Crippen molar-refractivity contribution in [3.8, 4) is 0 Å². The third-order valence-electron chi connectivity index (χ3n) is 3.17. The molecule has 0 saturated heterocycles. The van der Waals surface area contributed by atoms with Gasteiger partial charge >= 0.3 is 0 Å². The molecular formula is C16H21FN2O3. The van der Waals surface area contributed by atoms with Crippen LogP contribution in [-0.4, -0.2) is 37.0 Å². The Morgan fingerprint density at radius 2 is 2.36 bits per heavy atom. The van der Waals surface area contributed by atoms with E-state index < -0.39 is 6.10 Å². The highest BCUT2D eigenvalue weighted by molar-refractivity contribution is 5.93. The molecule has 0 aliphatic carbocycles. The lowest BCUT2D eigenvalue weighted by molar-refractivity contribution is -0.131. The van der Waals surface area contributed by atoms with Crippen LogP contribution in [0.25, 0.3) is 0 Å². The summed E-state index contributed by atoms with van der Waals surface area (Å²) in [5.41, 5.74) is 1.55. The van der Waals surface area contributed by atoms with Crippen molar-refractivity contribution >= 4 is 11.6 Å². The zero-order valence-electron chi connectivity index (χ0n) is 12.8. The Morgan fingerprint density at radius 1 is 1.55 bits per heavy atom. The third-order valence-corrected chi connectivity index (χ3v) is 3.17. The Bertz CT molecular complexity index is 546. The zero-order valence-corrected chi connectivity index (χ0v) is 12.8. The second-order valence-corrected chi connectivity index (χ2v) is 5.47. The van der Waals surface area contributed by atoms with Crippen molar-refractivity contribution < 1.29 is 18.8 Å². The van der Waals surface area contributed by atoms with Crippen LogP contribution in [0.1, 0.15) is 25.8 Å². The van der Waals surface area contributed by atoms with E-state index in [1.165, 1.54) is 12.1 Å². The van der Waals surface area contributed by atoms with E-state index in [-0.39, 0.29) is 17.8 Å². The Balaban J connectivity index is 1.73. The van der Waals surface area contributed by atoms with Gasteiger partial charge in [0.05, 0.1) is 18.4 Å². The quantitative estimate of drug-likeness (QED) is 0.784. The Morgan fingerprint density at radius 3 is 3.09 bits per heavy atom. The summed E-state index contributed by atoms with van der Waals surface area (Å²) in [4.78, 5) is 17.1. The average molecular weight is 308 g/mol. The van der Waals surface area contributed by atoms with Crippen LogP contribution in [0.2, 0.25) is 0 Å². The van der Waals surface area contributed by atoms with E-state index in [0.717, 1.165) is 11.3 Å². The Labute approximate surface area is 129 Å². The fourth-order valence-corrected chi connectivity index (χ4v) is 2.14. The van der Waals surface area contributed by atoms with Gasteiger partial charge in [-0.3, -0.25) is 4.79 Å². The number of carbonyl (C=O) groups is 1. The number of hydrogen-bond donors (Lipinski definition) is 1.